The van der Waals surface area contributed by atoms with Gasteiger partial charge >= 0.3 is 0 Å². The molecule has 4 aromatic rings. The van der Waals surface area contributed by atoms with Crippen molar-refractivity contribution < 1.29 is 26.2 Å². The third-order valence-corrected chi connectivity index (χ3v) is 5.22. The van der Waals surface area contributed by atoms with Crippen LogP contribution in [-0.4, -0.2) is 11.8 Å². The largest absolute Gasteiger partial charge is 0.689 e. The number of para-hydroxylation sites is 2. The van der Waals surface area contributed by atoms with Gasteiger partial charge in [-0.15, -0.1) is 35.6 Å². The number of benzene rings is 4. The molecule has 0 radical (unpaired) electrons. The van der Waals surface area contributed by atoms with Gasteiger partial charge in [0.25, 0.3) is 0 Å². The van der Waals surface area contributed by atoms with Gasteiger partial charge in [0.15, 0.2) is 0 Å². The molecule has 35 heavy (non-hydrogen) atoms. The molecule has 1 unspecified atom stereocenters. The van der Waals surface area contributed by atoms with E-state index >= 15 is 0 Å². The Labute approximate surface area is 237 Å². The van der Waals surface area contributed by atoms with E-state index in [-0.39, 0.29) is 39.1 Å². The molecule has 0 saturated carbocycles. The second-order valence-electron chi connectivity index (χ2n) is 7.37. The fraction of sp³-hybridized carbons (Fsp3) is 0.129. The first-order valence-corrected chi connectivity index (χ1v) is 12.1. The van der Waals surface area contributed by atoms with Crippen molar-refractivity contribution in [2.75, 3.05) is 6.26 Å². The topological polar surface area (TPSA) is 28.2 Å². The summed E-state index contributed by atoms with van der Waals surface area (Å²) in [6.07, 6.45) is 2.04. The fourth-order valence-electron chi connectivity index (χ4n) is 2.85. The van der Waals surface area contributed by atoms with E-state index in [1.54, 1.807) is 11.8 Å². The van der Waals surface area contributed by atoms with Gasteiger partial charge in [0, 0.05) is 26.2 Å². The molecule has 0 aliphatic carbocycles. The van der Waals surface area contributed by atoms with E-state index in [4.69, 9.17) is 5.32 Å². The van der Waals surface area contributed by atoms with E-state index in [1.165, 1.54) is 11.1 Å². The van der Waals surface area contributed by atoms with Crippen molar-refractivity contribution in [1.29, 1.82) is 0 Å². The second-order valence-corrected chi connectivity index (χ2v) is 8.26. The normalized spacial score (nSPS) is 9.91. The average Bonchev–Trinajstić information content (AvgIpc) is 2.83. The maximum atomic E-state index is 4.77. The second kappa shape index (κ2) is 18.7. The SMILES string of the molecule is CSC([N-]c1ccccc1)[N-]c1c(C)cccc1C.[CH2-]c1ccccc1.[CH2-]c1ccccc1.[CH3-].[Zr]. The van der Waals surface area contributed by atoms with Crippen LogP contribution in [0.2, 0.25) is 0 Å². The quantitative estimate of drug-likeness (QED) is 0.224. The van der Waals surface area contributed by atoms with Crippen molar-refractivity contribution in [3.8, 4) is 0 Å². The van der Waals surface area contributed by atoms with Gasteiger partial charge in [0.05, 0.1) is 0 Å². The van der Waals surface area contributed by atoms with Crippen LogP contribution in [-0.2, 0) is 26.2 Å². The van der Waals surface area contributed by atoms with Crippen LogP contribution < -0.4 is 0 Å². The summed E-state index contributed by atoms with van der Waals surface area (Å²) >= 11 is 1.64. The van der Waals surface area contributed by atoms with Gasteiger partial charge in [0.1, 0.15) is 0 Å². The first kappa shape index (κ1) is 32.5. The third kappa shape index (κ3) is 13.2. The minimum absolute atomic E-state index is 0. The molecule has 4 aromatic carbocycles. The number of hydrogen-bond donors (Lipinski definition) is 0. The van der Waals surface area contributed by atoms with Crippen LogP contribution in [0.5, 0.6) is 0 Å². The molecule has 1 atom stereocenters. The van der Waals surface area contributed by atoms with Crippen LogP contribution in [0.4, 0.5) is 11.4 Å². The van der Waals surface area contributed by atoms with Crippen molar-refractivity contribution >= 4 is 23.1 Å². The van der Waals surface area contributed by atoms with Crippen LogP contribution in [0.3, 0.4) is 0 Å². The fourth-order valence-corrected chi connectivity index (χ4v) is 3.29. The molecular weight excluding hydrogens is 524 g/mol. The zero-order chi connectivity index (χ0) is 23.9. The monoisotopic (exact) mass is 557 g/mol. The van der Waals surface area contributed by atoms with Crippen LogP contribution in [0.1, 0.15) is 22.3 Å². The molecule has 0 bridgehead atoms. The standard InChI is InChI=1S/C16H18N2S.2C7H7.CH3.Zr/c1-12-8-7-9-13(2)15(12)18-16(19-3)17-14-10-5-4-6-11-14;2*1-7-5-3-2-4-6-7;;/h4-11,16H,1-3H3;2*2-6H,1H2;1H3;/q-2;3*-1;. The Kier molecular flexibility index (Phi) is 17.4. The maximum Gasteiger partial charge on any atom is 0 e. The molecule has 4 rings (SSSR count). The summed E-state index contributed by atoms with van der Waals surface area (Å²) in [5.74, 6) is 0. The van der Waals surface area contributed by atoms with Crippen LogP contribution >= 0.6 is 11.8 Å². The Morgan fingerprint density at radius 1 is 0.600 bits per heavy atom. The predicted molar refractivity (Wildman–Crippen MR) is 154 cm³/mol. The summed E-state index contributed by atoms with van der Waals surface area (Å²) in [6.45, 7) is 11.6. The van der Waals surface area contributed by atoms with Gasteiger partial charge in [-0.25, -0.2) is 11.8 Å². The van der Waals surface area contributed by atoms with Crippen LogP contribution in [0, 0.1) is 35.1 Å². The Balaban J connectivity index is 0.000000595. The summed E-state index contributed by atoms with van der Waals surface area (Å²) in [4.78, 5) is 0. The molecule has 0 fully saturated rings. The van der Waals surface area contributed by atoms with Gasteiger partial charge in [-0.05, 0) is 20.1 Å². The molecule has 4 heteroatoms. The summed E-state index contributed by atoms with van der Waals surface area (Å²) in [5.41, 5.74) is 6.47. The zero-order valence-corrected chi connectivity index (χ0v) is 24.5. The van der Waals surface area contributed by atoms with E-state index in [0.29, 0.717) is 0 Å². The number of rotatable bonds is 5. The molecule has 0 heterocycles. The van der Waals surface area contributed by atoms with Crippen molar-refractivity contribution in [2.24, 2.45) is 0 Å². The molecule has 0 aliphatic rings. The first-order valence-electron chi connectivity index (χ1n) is 10.8. The molecule has 0 spiro atoms. The average molecular weight is 559 g/mol. The summed E-state index contributed by atoms with van der Waals surface area (Å²) in [6, 6.07) is 36.0. The predicted octanol–water partition coefficient (Wildman–Crippen LogP) is 9.85. The van der Waals surface area contributed by atoms with E-state index in [2.05, 4.69) is 51.2 Å². The van der Waals surface area contributed by atoms with Crippen molar-refractivity contribution in [2.45, 2.75) is 19.3 Å². The molecule has 0 amide bonds. The van der Waals surface area contributed by atoms with Crippen LogP contribution in [0.15, 0.2) is 109 Å². The maximum absolute atomic E-state index is 4.77. The number of hydrogen-bond acceptors (Lipinski definition) is 1. The van der Waals surface area contributed by atoms with E-state index < -0.39 is 0 Å². The molecule has 0 saturated heterocycles. The van der Waals surface area contributed by atoms with Crippen LogP contribution in [0.25, 0.3) is 10.6 Å². The molecule has 0 N–H and O–H groups in total. The Morgan fingerprint density at radius 2 is 1.00 bits per heavy atom. The zero-order valence-electron chi connectivity index (χ0n) is 21.2. The van der Waals surface area contributed by atoms with Gasteiger partial charge in [-0.1, -0.05) is 71.8 Å². The Morgan fingerprint density at radius 3 is 1.34 bits per heavy atom. The minimum Gasteiger partial charge on any atom is -0.689 e. The number of thioether (sulfide) groups is 1. The van der Waals surface area contributed by atoms with Crippen molar-refractivity contribution in [1.82, 2.24) is 0 Å². The minimum atomic E-state index is -0.0952. The molecule has 2 nitrogen and oxygen atoms in total. The van der Waals surface area contributed by atoms with E-state index in [1.807, 2.05) is 97.3 Å². The third-order valence-electron chi connectivity index (χ3n) is 4.59. The van der Waals surface area contributed by atoms with Crippen molar-refractivity contribution in [3.05, 3.63) is 163 Å². The molecular formula is C31H35N2SZr-5. The number of aryl methyl sites for hydroxylation is 2. The van der Waals surface area contributed by atoms with E-state index in [9.17, 15) is 0 Å². The summed E-state index contributed by atoms with van der Waals surface area (Å²) in [5, 5.41) is 9.42. The van der Waals surface area contributed by atoms with Gasteiger partial charge in [-0.3, -0.25) is 0 Å². The van der Waals surface area contributed by atoms with Gasteiger partial charge in [-0.2, -0.15) is 54.7 Å². The van der Waals surface area contributed by atoms with Gasteiger partial charge < -0.3 is 18.1 Å². The van der Waals surface area contributed by atoms with Crippen molar-refractivity contribution in [3.63, 3.8) is 0 Å². The summed E-state index contributed by atoms with van der Waals surface area (Å²) in [7, 11) is 0. The first-order chi connectivity index (χ1) is 16.0. The Bertz CT molecular complexity index is 984. The Hall–Kier alpha value is -2.55. The number of nitrogens with zero attached hydrogens (tertiary/aromatic N) is 2. The molecule has 0 aliphatic heterocycles. The van der Waals surface area contributed by atoms with E-state index in [0.717, 1.165) is 22.5 Å². The van der Waals surface area contributed by atoms with Gasteiger partial charge in [0.2, 0.25) is 0 Å². The molecule has 184 valence electrons. The summed E-state index contributed by atoms with van der Waals surface area (Å²) < 4.78 is 0. The molecule has 0 aromatic heterocycles. The smallest absolute Gasteiger partial charge is 0 e.